The summed E-state index contributed by atoms with van der Waals surface area (Å²) in [5, 5.41) is 10.6. The Morgan fingerprint density at radius 3 is 2.35 bits per heavy atom. The lowest BCUT2D eigenvalue weighted by Crippen LogP contribution is -2.03. The van der Waals surface area contributed by atoms with Gasteiger partial charge in [0, 0.05) is 16.4 Å². The van der Waals surface area contributed by atoms with Crippen molar-refractivity contribution in [3.8, 4) is 0 Å². The van der Waals surface area contributed by atoms with Gasteiger partial charge in [0.15, 0.2) is 7.05 Å². The monoisotopic (exact) mass is 274 g/mol. The van der Waals surface area contributed by atoms with Gasteiger partial charge in [0.25, 0.3) is 0 Å². The molecule has 1 aromatic heterocycles. The molecule has 1 unspecified atom stereocenters. The predicted octanol–water partition coefficient (Wildman–Crippen LogP) is 3.76. The minimum absolute atomic E-state index is 0.500. The highest BCUT2D eigenvalue weighted by Crippen LogP contribution is 2.35. The molecular formula is C11H18N2O2S2. The van der Waals surface area contributed by atoms with Crippen LogP contribution in [0, 0.1) is 16.0 Å². The van der Waals surface area contributed by atoms with Crippen molar-refractivity contribution in [3.63, 3.8) is 0 Å². The van der Waals surface area contributed by atoms with Crippen molar-refractivity contribution in [3.05, 3.63) is 34.5 Å². The van der Waals surface area contributed by atoms with Crippen LogP contribution in [-0.2, 0) is 0 Å². The summed E-state index contributed by atoms with van der Waals surface area (Å²) >= 11 is 0. The van der Waals surface area contributed by atoms with Gasteiger partial charge in [-0.05, 0) is 28.8 Å². The standard InChI is InChI=1S/C10H15NS2.CH3NO2/c1-8(2)9(3)12-13-10-6-4-5-7-11-10;1-2(3)4/h4-9H,1-3H3;1H3. The number of hydrogen-bond acceptors (Lipinski definition) is 5. The maximum absolute atomic E-state index is 8.81. The second-order valence-corrected chi connectivity index (χ2v) is 6.33. The molecule has 0 spiro atoms. The van der Waals surface area contributed by atoms with Crippen molar-refractivity contribution < 1.29 is 4.92 Å². The lowest BCUT2D eigenvalue weighted by Gasteiger charge is -2.12. The van der Waals surface area contributed by atoms with Crippen LogP contribution >= 0.6 is 21.6 Å². The molecule has 1 heterocycles. The number of nitrogens with zero attached hydrogens (tertiary/aromatic N) is 2. The molecule has 1 rings (SSSR count). The second kappa shape index (κ2) is 9.30. The van der Waals surface area contributed by atoms with Crippen LogP contribution in [0.4, 0.5) is 0 Å². The minimum atomic E-state index is -0.500. The summed E-state index contributed by atoms with van der Waals surface area (Å²) < 4.78 is 0. The zero-order valence-corrected chi connectivity index (χ0v) is 12.1. The average Bonchev–Trinajstić information content (AvgIpc) is 2.26. The van der Waals surface area contributed by atoms with E-state index in [0.29, 0.717) is 5.25 Å². The lowest BCUT2D eigenvalue weighted by molar-refractivity contribution is -0.445. The van der Waals surface area contributed by atoms with E-state index < -0.39 is 4.92 Å². The van der Waals surface area contributed by atoms with Gasteiger partial charge in [-0.2, -0.15) is 0 Å². The van der Waals surface area contributed by atoms with E-state index in [0.717, 1.165) is 18.0 Å². The number of pyridine rings is 1. The van der Waals surface area contributed by atoms with E-state index in [2.05, 4.69) is 25.8 Å². The van der Waals surface area contributed by atoms with Crippen LogP contribution in [0.3, 0.4) is 0 Å². The third kappa shape index (κ3) is 10.1. The number of rotatable bonds is 4. The van der Waals surface area contributed by atoms with E-state index in [1.807, 2.05) is 35.2 Å². The van der Waals surface area contributed by atoms with Gasteiger partial charge in [-0.3, -0.25) is 10.1 Å². The van der Waals surface area contributed by atoms with Gasteiger partial charge < -0.3 is 0 Å². The molecule has 0 aliphatic rings. The van der Waals surface area contributed by atoms with E-state index in [1.54, 1.807) is 10.8 Å². The second-order valence-electron chi connectivity index (χ2n) is 3.74. The first-order valence-corrected chi connectivity index (χ1v) is 7.47. The van der Waals surface area contributed by atoms with Gasteiger partial charge in [-0.1, -0.05) is 37.6 Å². The van der Waals surface area contributed by atoms with Crippen LogP contribution in [0.25, 0.3) is 0 Å². The Kier molecular flexibility index (Phi) is 8.89. The fourth-order valence-electron chi connectivity index (χ4n) is 0.633. The fraction of sp³-hybridized carbons (Fsp3) is 0.545. The summed E-state index contributed by atoms with van der Waals surface area (Å²) in [6, 6.07) is 6.02. The molecule has 0 aliphatic carbocycles. The van der Waals surface area contributed by atoms with Crippen LogP contribution in [-0.4, -0.2) is 22.2 Å². The summed E-state index contributed by atoms with van der Waals surface area (Å²) in [5.41, 5.74) is 0. The molecule has 0 N–H and O–H groups in total. The third-order valence-corrected chi connectivity index (χ3v) is 4.93. The average molecular weight is 274 g/mol. The van der Waals surface area contributed by atoms with E-state index in [4.69, 9.17) is 10.1 Å². The highest BCUT2D eigenvalue weighted by atomic mass is 33.1. The summed E-state index contributed by atoms with van der Waals surface area (Å²) in [5.74, 6) is 0.723. The van der Waals surface area contributed by atoms with Crippen molar-refractivity contribution in [2.45, 2.75) is 31.0 Å². The Labute approximate surface area is 110 Å². The van der Waals surface area contributed by atoms with Crippen molar-refractivity contribution in [2.24, 2.45) is 5.92 Å². The van der Waals surface area contributed by atoms with Crippen molar-refractivity contribution in [1.29, 1.82) is 0 Å². The number of aromatic nitrogens is 1. The van der Waals surface area contributed by atoms with Crippen LogP contribution in [0.2, 0.25) is 0 Å². The molecule has 0 amide bonds. The molecule has 0 aromatic carbocycles. The molecule has 0 radical (unpaired) electrons. The van der Waals surface area contributed by atoms with Crippen LogP contribution in [0.5, 0.6) is 0 Å². The SMILES string of the molecule is CC(C)C(C)SSc1ccccn1.C[N+](=O)[O-]. The maximum atomic E-state index is 8.81. The molecule has 0 bridgehead atoms. The normalized spacial score (nSPS) is 11.6. The quantitative estimate of drug-likeness (QED) is 0.475. The van der Waals surface area contributed by atoms with Crippen molar-refractivity contribution in [2.75, 3.05) is 7.05 Å². The smallest absolute Gasteiger partial charge is 0.194 e. The summed E-state index contributed by atoms with van der Waals surface area (Å²) in [7, 11) is 4.54. The molecular weight excluding hydrogens is 256 g/mol. The molecule has 0 aliphatic heterocycles. The van der Waals surface area contributed by atoms with E-state index in [9.17, 15) is 0 Å². The zero-order chi connectivity index (χ0) is 13.3. The first kappa shape index (κ1) is 16.2. The highest BCUT2D eigenvalue weighted by Gasteiger charge is 2.08. The van der Waals surface area contributed by atoms with Gasteiger partial charge >= 0.3 is 0 Å². The molecule has 0 saturated heterocycles. The topological polar surface area (TPSA) is 56.0 Å². The molecule has 17 heavy (non-hydrogen) atoms. The largest absolute Gasteiger partial charge is 0.265 e. The number of hydrogen-bond donors (Lipinski definition) is 0. The lowest BCUT2D eigenvalue weighted by atomic mass is 10.2. The Morgan fingerprint density at radius 2 is 1.94 bits per heavy atom. The predicted molar refractivity (Wildman–Crippen MR) is 74.9 cm³/mol. The third-order valence-electron chi connectivity index (χ3n) is 1.86. The molecule has 0 fully saturated rings. The maximum Gasteiger partial charge on any atom is 0.194 e. The van der Waals surface area contributed by atoms with E-state index in [1.165, 1.54) is 0 Å². The molecule has 1 atom stereocenters. The van der Waals surface area contributed by atoms with Gasteiger partial charge in [-0.25, -0.2) is 4.98 Å². The molecule has 6 heteroatoms. The van der Waals surface area contributed by atoms with E-state index in [-0.39, 0.29) is 0 Å². The Balaban J connectivity index is 0.000000557. The van der Waals surface area contributed by atoms with Crippen molar-refractivity contribution >= 4 is 21.6 Å². The molecule has 96 valence electrons. The fourth-order valence-corrected chi connectivity index (χ4v) is 3.06. The first-order chi connectivity index (χ1) is 7.93. The van der Waals surface area contributed by atoms with Crippen LogP contribution < -0.4 is 0 Å². The zero-order valence-electron chi connectivity index (χ0n) is 10.5. The van der Waals surface area contributed by atoms with Crippen molar-refractivity contribution in [1.82, 2.24) is 4.98 Å². The van der Waals surface area contributed by atoms with E-state index >= 15 is 0 Å². The molecule has 1 aromatic rings. The molecule has 4 nitrogen and oxygen atoms in total. The minimum Gasteiger partial charge on any atom is -0.265 e. The Bertz CT molecular complexity index is 317. The Morgan fingerprint density at radius 1 is 1.35 bits per heavy atom. The van der Waals surface area contributed by atoms with Crippen LogP contribution in [0.15, 0.2) is 29.4 Å². The number of nitro groups is 1. The van der Waals surface area contributed by atoms with Gasteiger partial charge in [0.05, 0.1) is 0 Å². The summed E-state index contributed by atoms with van der Waals surface area (Å²) in [6.07, 6.45) is 1.84. The summed E-state index contributed by atoms with van der Waals surface area (Å²) in [6.45, 7) is 6.75. The Hall–Kier alpha value is -0.750. The highest BCUT2D eigenvalue weighted by molar-refractivity contribution is 8.76. The van der Waals surface area contributed by atoms with Gasteiger partial charge in [-0.15, -0.1) is 0 Å². The molecule has 0 saturated carbocycles. The first-order valence-electron chi connectivity index (χ1n) is 5.25. The summed E-state index contributed by atoms with van der Waals surface area (Å²) in [4.78, 5) is 12.6. The van der Waals surface area contributed by atoms with Gasteiger partial charge in [0.1, 0.15) is 5.03 Å². The van der Waals surface area contributed by atoms with Crippen LogP contribution in [0.1, 0.15) is 20.8 Å². The van der Waals surface area contributed by atoms with Gasteiger partial charge in [0.2, 0.25) is 0 Å².